The van der Waals surface area contributed by atoms with Crippen LogP contribution < -0.4 is 0 Å². The third kappa shape index (κ3) is 2.67. The van der Waals surface area contributed by atoms with E-state index in [2.05, 4.69) is 4.98 Å². The Morgan fingerprint density at radius 1 is 1.06 bits per heavy atom. The van der Waals surface area contributed by atoms with Gasteiger partial charge in [-0.15, -0.1) is 0 Å². The number of aryl methyl sites for hydroxylation is 1. The Bertz CT molecular complexity index is 436. The summed E-state index contributed by atoms with van der Waals surface area (Å²) in [5, 5.41) is 10.0. The largest absolute Gasteiger partial charge is 0.388 e. The van der Waals surface area contributed by atoms with E-state index in [0.717, 1.165) is 11.1 Å². The number of aromatic nitrogens is 1. The summed E-state index contributed by atoms with van der Waals surface area (Å²) in [4.78, 5) is 3.96. The van der Waals surface area contributed by atoms with Crippen LogP contribution in [0.5, 0.6) is 0 Å². The lowest BCUT2D eigenvalue weighted by molar-refractivity contribution is 0.178. The second kappa shape index (κ2) is 4.90. The molecule has 0 amide bonds. The van der Waals surface area contributed by atoms with E-state index in [9.17, 15) is 5.11 Å². The number of benzene rings is 1. The molecule has 16 heavy (non-hydrogen) atoms. The number of hydrogen-bond acceptors (Lipinski definition) is 2. The maximum absolute atomic E-state index is 10.0. The Morgan fingerprint density at radius 3 is 2.31 bits per heavy atom. The highest BCUT2D eigenvalue weighted by atomic mass is 16.3. The molecule has 2 rings (SSSR count). The Kier molecular flexibility index (Phi) is 3.32. The predicted molar refractivity (Wildman–Crippen MR) is 64.1 cm³/mol. The standard InChI is InChI=1S/C14H15NO/c1-11-2-4-13(5-3-11)14(16)10-12-6-8-15-9-7-12/h2-9,14,16H,10H2,1H3. The minimum atomic E-state index is -0.442. The second-order valence-corrected chi connectivity index (χ2v) is 3.99. The highest BCUT2D eigenvalue weighted by molar-refractivity contribution is 5.24. The van der Waals surface area contributed by atoms with Gasteiger partial charge in [0, 0.05) is 18.8 Å². The molecule has 82 valence electrons. The van der Waals surface area contributed by atoms with Crippen molar-refractivity contribution >= 4 is 0 Å². The SMILES string of the molecule is Cc1ccc(C(O)Cc2ccncc2)cc1. The van der Waals surface area contributed by atoms with Crippen molar-refractivity contribution in [1.29, 1.82) is 0 Å². The third-order valence-electron chi connectivity index (χ3n) is 2.64. The highest BCUT2D eigenvalue weighted by Gasteiger charge is 2.07. The summed E-state index contributed by atoms with van der Waals surface area (Å²) in [6.45, 7) is 2.04. The van der Waals surface area contributed by atoms with Crippen molar-refractivity contribution < 1.29 is 5.11 Å². The Morgan fingerprint density at radius 2 is 1.69 bits per heavy atom. The van der Waals surface area contributed by atoms with Gasteiger partial charge in [-0.1, -0.05) is 29.8 Å². The summed E-state index contributed by atoms with van der Waals surface area (Å²) < 4.78 is 0. The molecule has 0 saturated carbocycles. The van der Waals surface area contributed by atoms with Crippen LogP contribution >= 0.6 is 0 Å². The van der Waals surface area contributed by atoms with Gasteiger partial charge in [-0.05, 0) is 30.2 Å². The fourth-order valence-corrected chi connectivity index (χ4v) is 1.65. The molecular formula is C14H15NO. The first-order chi connectivity index (χ1) is 7.75. The van der Waals surface area contributed by atoms with Gasteiger partial charge in [0.05, 0.1) is 6.10 Å². The Balaban J connectivity index is 2.09. The average molecular weight is 213 g/mol. The molecule has 2 heteroatoms. The van der Waals surface area contributed by atoms with E-state index < -0.39 is 6.10 Å². The first-order valence-corrected chi connectivity index (χ1v) is 5.39. The molecule has 0 spiro atoms. The molecule has 0 fully saturated rings. The monoisotopic (exact) mass is 213 g/mol. The lowest BCUT2D eigenvalue weighted by atomic mass is 10.0. The van der Waals surface area contributed by atoms with Crippen LogP contribution in [0.1, 0.15) is 22.8 Å². The molecule has 1 atom stereocenters. The van der Waals surface area contributed by atoms with Gasteiger partial charge in [0.15, 0.2) is 0 Å². The Labute approximate surface area is 95.6 Å². The van der Waals surface area contributed by atoms with Gasteiger partial charge in [0.1, 0.15) is 0 Å². The zero-order valence-corrected chi connectivity index (χ0v) is 9.30. The quantitative estimate of drug-likeness (QED) is 0.850. The van der Waals surface area contributed by atoms with Gasteiger partial charge >= 0.3 is 0 Å². The van der Waals surface area contributed by atoms with Crippen LogP contribution in [0, 0.1) is 6.92 Å². The molecule has 2 nitrogen and oxygen atoms in total. The number of pyridine rings is 1. The van der Waals surface area contributed by atoms with E-state index in [1.54, 1.807) is 12.4 Å². The van der Waals surface area contributed by atoms with Gasteiger partial charge in [-0.2, -0.15) is 0 Å². The molecule has 1 heterocycles. The third-order valence-corrected chi connectivity index (χ3v) is 2.64. The fraction of sp³-hybridized carbons (Fsp3) is 0.214. The lowest BCUT2D eigenvalue weighted by Gasteiger charge is -2.11. The van der Waals surface area contributed by atoms with Gasteiger partial charge in [-0.3, -0.25) is 4.98 Å². The summed E-state index contributed by atoms with van der Waals surface area (Å²) in [5.41, 5.74) is 3.27. The summed E-state index contributed by atoms with van der Waals surface area (Å²) in [7, 11) is 0. The molecule has 0 aliphatic carbocycles. The van der Waals surface area contributed by atoms with Crippen molar-refractivity contribution in [2.24, 2.45) is 0 Å². The topological polar surface area (TPSA) is 33.1 Å². The van der Waals surface area contributed by atoms with E-state index in [-0.39, 0.29) is 0 Å². The van der Waals surface area contributed by atoms with Crippen molar-refractivity contribution in [2.75, 3.05) is 0 Å². The zero-order chi connectivity index (χ0) is 11.4. The maximum atomic E-state index is 10.0. The van der Waals surface area contributed by atoms with Gasteiger partial charge in [0.25, 0.3) is 0 Å². The van der Waals surface area contributed by atoms with Crippen LogP contribution in [0.2, 0.25) is 0 Å². The van der Waals surface area contributed by atoms with Gasteiger partial charge in [0.2, 0.25) is 0 Å². The van der Waals surface area contributed by atoms with Crippen LogP contribution in [0.4, 0.5) is 0 Å². The first kappa shape index (κ1) is 10.8. The molecular weight excluding hydrogens is 198 g/mol. The minimum absolute atomic E-state index is 0.442. The molecule has 0 saturated heterocycles. The molecule has 1 aromatic carbocycles. The molecule has 1 aromatic heterocycles. The van der Waals surface area contributed by atoms with Gasteiger partial charge in [-0.25, -0.2) is 0 Å². The fourth-order valence-electron chi connectivity index (χ4n) is 1.65. The predicted octanol–water partition coefficient (Wildman–Crippen LogP) is 2.67. The summed E-state index contributed by atoms with van der Waals surface area (Å²) in [6, 6.07) is 11.8. The van der Waals surface area contributed by atoms with Crippen LogP contribution in [0.15, 0.2) is 48.8 Å². The number of aliphatic hydroxyl groups is 1. The average Bonchev–Trinajstić information content (AvgIpc) is 2.31. The number of hydrogen-bond donors (Lipinski definition) is 1. The van der Waals surface area contributed by atoms with Gasteiger partial charge < -0.3 is 5.11 Å². The van der Waals surface area contributed by atoms with Crippen LogP contribution in [-0.4, -0.2) is 10.1 Å². The summed E-state index contributed by atoms with van der Waals surface area (Å²) in [5.74, 6) is 0. The maximum Gasteiger partial charge on any atom is 0.0830 e. The molecule has 1 N–H and O–H groups in total. The second-order valence-electron chi connectivity index (χ2n) is 3.99. The van der Waals surface area contributed by atoms with E-state index in [1.165, 1.54) is 5.56 Å². The van der Waals surface area contributed by atoms with Crippen LogP contribution in [0.25, 0.3) is 0 Å². The van der Waals surface area contributed by atoms with E-state index in [0.29, 0.717) is 6.42 Å². The molecule has 0 aliphatic heterocycles. The van der Waals surface area contributed by atoms with Crippen molar-refractivity contribution in [3.63, 3.8) is 0 Å². The molecule has 0 radical (unpaired) electrons. The van der Waals surface area contributed by atoms with Crippen molar-refractivity contribution in [3.8, 4) is 0 Å². The highest BCUT2D eigenvalue weighted by Crippen LogP contribution is 2.18. The van der Waals surface area contributed by atoms with E-state index in [4.69, 9.17) is 0 Å². The minimum Gasteiger partial charge on any atom is -0.388 e. The van der Waals surface area contributed by atoms with Crippen LogP contribution in [-0.2, 0) is 6.42 Å². The lowest BCUT2D eigenvalue weighted by Crippen LogP contribution is -2.01. The van der Waals surface area contributed by atoms with Crippen LogP contribution in [0.3, 0.4) is 0 Å². The molecule has 0 aliphatic rings. The van der Waals surface area contributed by atoms with E-state index in [1.807, 2.05) is 43.3 Å². The smallest absolute Gasteiger partial charge is 0.0830 e. The summed E-state index contributed by atoms with van der Waals surface area (Å²) in [6.07, 6.45) is 3.68. The summed E-state index contributed by atoms with van der Waals surface area (Å²) >= 11 is 0. The molecule has 2 aromatic rings. The first-order valence-electron chi connectivity index (χ1n) is 5.39. The van der Waals surface area contributed by atoms with Crippen molar-refractivity contribution in [3.05, 3.63) is 65.5 Å². The van der Waals surface area contributed by atoms with Crippen molar-refractivity contribution in [2.45, 2.75) is 19.4 Å². The normalized spacial score (nSPS) is 12.4. The molecule has 1 unspecified atom stereocenters. The zero-order valence-electron chi connectivity index (χ0n) is 9.30. The van der Waals surface area contributed by atoms with Crippen molar-refractivity contribution in [1.82, 2.24) is 4.98 Å². The number of aliphatic hydroxyl groups excluding tert-OH is 1. The number of rotatable bonds is 3. The molecule has 0 bridgehead atoms. The van der Waals surface area contributed by atoms with E-state index >= 15 is 0 Å². The Hall–Kier alpha value is -1.67. The number of nitrogens with zero attached hydrogens (tertiary/aromatic N) is 1.